The fourth-order valence-electron chi connectivity index (χ4n) is 5.57. The van der Waals surface area contributed by atoms with Crippen molar-refractivity contribution >= 4 is 20.0 Å². The summed E-state index contributed by atoms with van der Waals surface area (Å²) in [5.74, 6) is 0. The second kappa shape index (κ2) is 19.2. The van der Waals surface area contributed by atoms with Gasteiger partial charge >= 0.3 is 0 Å². The molecule has 0 aliphatic carbocycles. The van der Waals surface area contributed by atoms with Crippen LogP contribution in [0.2, 0.25) is 0 Å². The lowest BCUT2D eigenvalue weighted by Gasteiger charge is -2.36. The second-order valence-corrected chi connectivity index (χ2v) is 16.3. The first-order valence-corrected chi connectivity index (χ1v) is 20.2. The molecule has 0 fully saturated rings. The summed E-state index contributed by atoms with van der Waals surface area (Å²) in [4.78, 5) is -0.0129. The Hall–Kier alpha value is -4.24. The van der Waals surface area contributed by atoms with Crippen molar-refractivity contribution in [3.63, 3.8) is 0 Å². The average Bonchev–Trinajstić information content (AvgIpc) is 3.16. The number of hydrogen-bond donors (Lipinski definition) is 3. The number of benzene rings is 5. The maximum atomic E-state index is 14.0. The predicted octanol–water partition coefficient (Wildman–Crippen LogP) is 5.68. The van der Waals surface area contributed by atoms with Crippen LogP contribution in [0.15, 0.2) is 149 Å². The summed E-state index contributed by atoms with van der Waals surface area (Å²) in [5, 5.41) is 11.8. The maximum absolute atomic E-state index is 14.0. The fraction of sp³-hybridized carbons (Fsp3) is 0.268. The lowest BCUT2D eigenvalue weighted by atomic mass is 10.0. The van der Waals surface area contributed by atoms with Gasteiger partial charge in [-0.05, 0) is 54.8 Å². The van der Waals surface area contributed by atoms with Crippen molar-refractivity contribution in [3.05, 3.63) is 167 Å². The highest BCUT2D eigenvalue weighted by Crippen LogP contribution is 2.22. The molecule has 5 aromatic carbocycles. The summed E-state index contributed by atoms with van der Waals surface area (Å²) < 4.78 is 79.3. The minimum absolute atomic E-state index is 0.00175. The molecule has 0 aliphatic heterocycles. The van der Waals surface area contributed by atoms with Crippen LogP contribution in [-0.2, 0) is 54.1 Å². The Morgan fingerprint density at radius 3 is 1.43 bits per heavy atom. The summed E-state index contributed by atoms with van der Waals surface area (Å²) in [6.45, 7) is 3.31. The lowest BCUT2D eigenvalue weighted by molar-refractivity contribution is -0.154. The first-order valence-electron chi connectivity index (χ1n) is 17.3. The Morgan fingerprint density at radius 1 is 0.547 bits per heavy atom. The van der Waals surface area contributed by atoms with Gasteiger partial charge in [-0.3, -0.25) is 0 Å². The summed E-state index contributed by atoms with van der Waals surface area (Å²) in [6.07, 6.45) is -3.78. The Labute approximate surface area is 312 Å². The molecule has 53 heavy (non-hydrogen) atoms. The normalized spacial score (nSPS) is 14.3. The zero-order chi connectivity index (χ0) is 37.7. The first kappa shape index (κ1) is 40.0. The quantitative estimate of drug-likeness (QED) is 0.0922. The van der Waals surface area contributed by atoms with Crippen molar-refractivity contribution < 1.29 is 36.2 Å². The molecule has 0 aliphatic rings. The second-order valence-electron chi connectivity index (χ2n) is 12.8. The molecule has 10 nitrogen and oxygen atoms in total. The van der Waals surface area contributed by atoms with E-state index in [1.807, 2.05) is 105 Å². The highest BCUT2D eigenvalue weighted by atomic mass is 32.2. The molecule has 0 spiro atoms. The van der Waals surface area contributed by atoms with E-state index in [0.29, 0.717) is 0 Å². The summed E-state index contributed by atoms with van der Waals surface area (Å²) in [6, 6.07) is 39.3. The molecule has 0 radical (unpaired) electrons. The van der Waals surface area contributed by atoms with Crippen LogP contribution >= 0.6 is 0 Å². The average molecular weight is 759 g/mol. The molecule has 0 saturated heterocycles. The van der Waals surface area contributed by atoms with E-state index in [9.17, 15) is 21.9 Å². The van der Waals surface area contributed by atoms with E-state index < -0.39 is 50.9 Å². The number of ether oxygens (including phenoxy) is 3. The van der Waals surface area contributed by atoms with Crippen LogP contribution in [0.3, 0.4) is 0 Å². The third kappa shape index (κ3) is 12.1. The lowest BCUT2D eigenvalue weighted by Crippen LogP contribution is -2.58. The topological polar surface area (TPSA) is 140 Å². The molecule has 12 heteroatoms. The van der Waals surface area contributed by atoms with Crippen LogP contribution in [0, 0.1) is 13.8 Å². The number of rotatable bonds is 20. The summed E-state index contributed by atoms with van der Waals surface area (Å²) in [7, 11) is -8.37. The minimum atomic E-state index is -4.25. The highest BCUT2D eigenvalue weighted by molar-refractivity contribution is 7.90. The van der Waals surface area contributed by atoms with Crippen molar-refractivity contribution in [3.8, 4) is 0 Å². The Kier molecular flexibility index (Phi) is 14.5. The molecule has 0 aromatic heterocycles. The van der Waals surface area contributed by atoms with Gasteiger partial charge in [-0.2, -0.15) is 0 Å². The standard InChI is InChI=1S/C41H46N2O8S2/c1-31-18-22-36(23-19-31)52(45,46)42-26-38(43-53(47,48)37-24-20-32(2)21-25-37)40(50-28-34-14-8-4-9-15-34)41(51-29-35-16-10-5-11-17-35)39(44)30-49-27-33-12-6-3-7-13-33/h3-25,38-44H,26-30H2,1-2H3/t38-,39+,40+,41+/m0/s1. The Balaban J connectivity index is 1.52. The van der Waals surface area contributed by atoms with Gasteiger partial charge in [-0.1, -0.05) is 126 Å². The van der Waals surface area contributed by atoms with Gasteiger partial charge in [0.05, 0.1) is 42.3 Å². The monoisotopic (exact) mass is 758 g/mol. The van der Waals surface area contributed by atoms with Crippen LogP contribution in [-0.4, -0.2) is 59.4 Å². The van der Waals surface area contributed by atoms with Crippen molar-refractivity contribution in [2.45, 2.75) is 67.8 Å². The molecule has 0 bridgehead atoms. The van der Waals surface area contributed by atoms with Crippen molar-refractivity contribution in [2.75, 3.05) is 13.2 Å². The molecule has 280 valence electrons. The van der Waals surface area contributed by atoms with E-state index >= 15 is 0 Å². The Bertz CT molecular complexity index is 2050. The minimum Gasteiger partial charge on any atom is -0.388 e. The van der Waals surface area contributed by atoms with Crippen molar-refractivity contribution in [1.82, 2.24) is 9.44 Å². The van der Waals surface area contributed by atoms with E-state index in [0.717, 1.165) is 27.8 Å². The van der Waals surface area contributed by atoms with E-state index in [2.05, 4.69) is 9.44 Å². The van der Waals surface area contributed by atoms with Crippen LogP contribution in [0.5, 0.6) is 0 Å². The molecule has 5 aromatic rings. The molecule has 5 rings (SSSR count). The molecular formula is C41H46N2O8S2. The smallest absolute Gasteiger partial charge is 0.240 e. The van der Waals surface area contributed by atoms with Gasteiger partial charge in [0.1, 0.15) is 18.3 Å². The number of hydrogen-bond acceptors (Lipinski definition) is 8. The largest absolute Gasteiger partial charge is 0.388 e. The SMILES string of the molecule is Cc1ccc(S(=O)(=O)NC[C@H](NS(=O)(=O)c2ccc(C)cc2)[C@@H](OCc2ccccc2)[C@H](OCc2ccccc2)[C@H](O)COCc2ccccc2)cc1. The Morgan fingerprint density at radius 2 is 0.962 bits per heavy atom. The van der Waals surface area contributed by atoms with Gasteiger partial charge in [0, 0.05) is 6.54 Å². The molecular weight excluding hydrogens is 713 g/mol. The zero-order valence-electron chi connectivity index (χ0n) is 29.7. The number of aliphatic hydroxyl groups excluding tert-OH is 1. The molecule has 0 unspecified atom stereocenters. The van der Waals surface area contributed by atoms with E-state index in [-0.39, 0.29) is 36.2 Å². The van der Waals surface area contributed by atoms with Crippen LogP contribution < -0.4 is 9.44 Å². The van der Waals surface area contributed by atoms with Gasteiger partial charge in [-0.25, -0.2) is 26.3 Å². The molecule has 3 N–H and O–H groups in total. The van der Waals surface area contributed by atoms with Gasteiger partial charge in [0.25, 0.3) is 0 Å². The predicted molar refractivity (Wildman–Crippen MR) is 204 cm³/mol. The van der Waals surface area contributed by atoms with Crippen LogP contribution in [0.25, 0.3) is 0 Å². The maximum Gasteiger partial charge on any atom is 0.240 e. The van der Waals surface area contributed by atoms with Crippen molar-refractivity contribution in [2.24, 2.45) is 0 Å². The van der Waals surface area contributed by atoms with Gasteiger partial charge in [-0.15, -0.1) is 0 Å². The van der Waals surface area contributed by atoms with Gasteiger partial charge < -0.3 is 19.3 Å². The first-order chi connectivity index (χ1) is 25.5. The van der Waals surface area contributed by atoms with Gasteiger partial charge in [0.15, 0.2) is 0 Å². The van der Waals surface area contributed by atoms with Crippen LogP contribution in [0.4, 0.5) is 0 Å². The number of sulfonamides is 2. The summed E-state index contributed by atoms with van der Waals surface area (Å²) >= 11 is 0. The number of aryl methyl sites for hydroxylation is 2. The molecule has 0 heterocycles. The molecule has 0 amide bonds. The van der Waals surface area contributed by atoms with E-state index in [1.54, 1.807) is 24.3 Å². The number of nitrogens with one attached hydrogen (secondary N) is 2. The third-order valence-electron chi connectivity index (χ3n) is 8.53. The number of aliphatic hydroxyl groups is 1. The summed E-state index contributed by atoms with van der Waals surface area (Å²) in [5.41, 5.74) is 4.21. The van der Waals surface area contributed by atoms with Gasteiger partial charge in [0.2, 0.25) is 20.0 Å². The molecule has 0 saturated carbocycles. The molecule has 4 atom stereocenters. The highest BCUT2D eigenvalue weighted by Gasteiger charge is 2.39. The van der Waals surface area contributed by atoms with Crippen molar-refractivity contribution in [1.29, 1.82) is 0 Å². The fourth-order valence-corrected chi connectivity index (χ4v) is 7.88. The zero-order valence-corrected chi connectivity index (χ0v) is 31.4. The van der Waals surface area contributed by atoms with E-state index in [1.165, 1.54) is 24.3 Å². The third-order valence-corrected chi connectivity index (χ3v) is 11.5. The van der Waals surface area contributed by atoms with E-state index in [4.69, 9.17) is 14.2 Å². The van der Waals surface area contributed by atoms with Crippen LogP contribution in [0.1, 0.15) is 27.8 Å².